The number of benzene rings is 4. The molecule has 4 rings (SSSR count). The summed E-state index contributed by atoms with van der Waals surface area (Å²) in [6.45, 7) is 7.58. The zero-order chi connectivity index (χ0) is 33.3. The van der Waals surface area contributed by atoms with Gasteiger partial charge in [-0.3, -0.25) is 13.9 Å². The number of para-hydroxylation sites is 1. The zero-order valence-corrected chi connectivity index (χ0v) is 27.6. The van der Waals surface area contributed by atoms with Crippen LogP contribution in [-0.2, 0) is 39.0 Å². The molecular formula is C37H42FN3O4S. The van der Waals surface area contributed by atoms with E-state index in [1.807, 2.05) is 70.2 Å². The molecule has 0 fully saturated rings. The molecule has 1 atom stereocenters. The molecule has 0 bridgehead atoms. The highest BCUT2D eigenvalue weighted by molar-refractivity contribution is 7.92. The lowest BCUT2D eigenvalue weighted by Gasteiger charge is -2.34. The molecule has 0 aliphatic carbocycles. The van der Waals surface area contributed by atoms with Crippen LogP contribution in [0.3, 0.4) is 0 Å². The Morgan fingerprint density at radius 1 is 0.826 bits per heavy atom. The summed E-state index contributed by atoms with van der Waals surface area (Å²) in [6, 6.07) is 27.7. The van der Waals surface area contributed by atoms with Gasteiger partial charge in [0.25, 0.3) is 10.0 Å². The van der Waals surface area contributed by atoms with E-state index in [-0.39, 0.29) is 29.7 Å². The van der Waals surface area contributed by atoms with E-state index < -0.39 is 34.3 Å². The fraction of sp³-hybridized carbons (Fsp3) is 0.297. The van der Waals surface area contributed by atoms with E-state index >= 15 is 0 Å². The molecule has 0 unspecified atom stereocenters. The molecule has 0 aromatic heterocycles. The van der Waals surface area contributed by atoms with Crippen molar-refractivity contribution in [2.75, 3.05) is 17.4 Å². The van der Waals surface area contributed by atoms with Gasteiger partial charge in [0.05, 0.1) is 10.6 Å². The minimum absolute atomic E-state index is 0.0282. The maximum absolute atomic E-state index is 14.6. The molecule has 4 aromatic carbocycles. The lowest BCUT2D eigenvalue weighted by atomic mass is 10.0. The van der Waals surface area contributed by atoms with Crippen LogP contribution in [0.15, 0.2) is 108 Å². The number of sulfonamides is 1. The lowest BCUT2D eigenvalue weighted by molar-refractivity contribution is -0.140. The predicted octanol–water partition coefficient (Wildman–Crippen LogP) is 6.30. The van der Waals surface area contributed by atoms with Gasteiger partial charge in [0, 0.05) is 19.5 Å². The van der Waals surface area contributed by atoms with Crippen LogP contribution < -0.4 is 9.62 Å². The molecular weight excluding hydrogens is 601 g/mol. The van der Waals surface area contributed by atoms with Crippen LogP contribution in [0.2, 0.25) is 0 Å². The second kappa shape index (κ2) is 15.7. The molecule has 4 aromatic rings. The number of carbonyl (C=O) groups is 2. The first-order valence-corrected chi connectivity index (χ1v) is 17.0. The standard InChI is InChI=1S/C37H42FN3O4S/c1-5-31-13-9-10-14-34(31)41(46(44,45)33-21-15-28(4)16-22-33)26-36(42)40(25-30-17-19-32(38)20-18-30)35(37(43)39-24-27(2)3)23-29-11-7-6-8-12-29/h6-22,27,35H,5,23-26H2,1-4H3,(H,39,43)/t35-/m1/s1. The Morgan fingerprint density at radius 3 is 2.09 bits per heavy atom. The quantitative estimate of drug-likeness (QED) is 0.175. The lowest BCUT2D eigenvalue weighted by Crippen LogP contribution is -2.53. The van der Waals surface area contributed by atoms with Gasteiger partial charge in [-0.2, -0.15) is 0 Å². The van der Waals surface area contributed by atoms with Crippen LogP contribution in [0.1, 0.15) is 43.0 Å². The van der Waals surface area contributed by atoms with Gasteiger partial charge in [-0.1, -0.05) is 99.1 Å². The number of hydrogen-bond donors (Lipinski definition) is 1. The number of nitrogens with one attached hydrogen (secondary N) is 1. The van der Waals surface area contributed by atoms with E-state index in [1.54, 1.807) is 36.4 Å². The summed E-state index contributed by atoms with van der Waals surface area (Å²) in [4.78, 5) is 29.9. The van der Waals surface area contributed by atoms with Crippen LogP contribution >= 0.6 is 0 Å². The van der Waals surface area contributed by atoms with Gasteiger partial charge in [-0.25, -0.2) is 12.8 Å². The fourth-order valence-electron chi connectivity index (χ4n) is 5.17. The Hall–Kier alpha value is -4.50. The second-order valence-electron chi connectivity index (χ2n) is 11.8. The smallest absolute Gasteiger partial charge is 0.264 e. The van der Waals surface area contributed by atoms with Gasteiger partial charge in [0.15, 0.2) is 0 Å². The molecule has 0 radical (unpaired) electrons. The first-order valence-electron chi connectivity index (χ1n) is 15.5. The van der Waals surface area contributed by atoms with Gasteiger partial charge in [-0.05, 0) is 66.3 Å². The van der Waals surface area contributed by atoms with Crippen molar-refractivity contribution in [3.8, 4) is 0 Å². The van der Waals surface area contributed by atoms with Crippen LogP contribution in [0.4, 0.5) is 10.1 Å². The molecule has 0 saturated carbocycles. The number of aryl methyl sites for hydroxylation is 2. The number of nitrogens with zero attached hydrogens (tertiary/aromatic N) is 2. The third-order valence-corrected chi connectivity index (χ3v) is 9.52. The Kier molecular flexibility index (Phi) is 11.7. The van der Waals surface area contributed by atoms with E-state index in [9.17, 15) is 22.4 Å². The van der Waals surface area contributed by atoms with Gasteiger partial charge in [0.1, 0.15) is 18.4 Å². The zero-order valence-electron chi connectivity index (χ0n) is 26.8. The average Bonchev–Trinajstić information content (AvgIpc) is 3.05. The highest BCUT2D eigenvalue weighted by atomic mass is 32.2. The monoisotopic (exact) mass is 643 g/mol. The Labute approximate surface area is 272 Å². The Morgan fingerprint density at radius 2 is 1.46 bits per heavy atom. The molecule has 7 nitrogen and oxygen atoms in total. The van der Waals surface area contributed by atoms with Crippen molar-refractivity contribution in [2.24, 2.45) is 5.92 Å². The van der Waals surface area contributed by atoms with Gasteiger partial charge < -0.3 is 10.2 Å². The third-order valence-electron chi connectivity index (χ3n) is 7.75. The molecule has 2 amide bonds. The highest BCUT2D eigenvalue weighted by Crippen LogP contribution is 2.29. The number of anilines is 1. The molecule has 242 valence electrons. The SMILES string of the molecule is CCc1ccccc1N(CC(=O)N(Cc1ccc(F)cc1)[C@H](Cc1ccccc1)C(=O)NCC(C)C)S(=O)(=O)c1ccc(C)cc1. The van der Waals surface area contributed by atoms with E-state index in [1.165, 1.54) is 29.2 Å². The predicted molar refractivity (Wildman–Crippen MR) is 180 cm³/mol. The third kappa shape index (κ3) is 8.81. The molecule has 9 heteroatoms. The average molecular weight is 644 g/mol. The fourth-order valence-corrected chi connectivity index (χ4v) is 6.62. The second-order valence-corrected chi connectivity index (χ2v) is 13.7. The molecule has 46 heavy (non-hydrogen) atoms. The first-order chi connectivity index (χ1) is 22.0. The summed E-state index contributed by atoms with van der Waals surface area (Å²) in [6.07, 6.45) is 0.742. The molecule has 0 aliphatic heterocycles. The van der Waals surface area contributed by atoms with Crippen LogP contribution in [0, 0.1) is 18.7 Å². The number of amides is 2. The number of carbonyl (C=O) groups excluding carboxylic acids is 2. The first kappa shape index (κ1) is 34.4. The van der Waals surface area contributed by atoms with Crippen molar-refractivity contribution in [1.82, 2.24) is 10.2 Å². The van der Waals surface area contributed by atoms with Crippen molar-refractivity contribution in [2.45, 2.75) is 58.0 Å². The summed E-state index contributed by atoms with van der Waals surface area (Å²) in [5.41, 5.74) is 3.49. The molecule has 0 saturated heterocycles. The summed E-state index contributed by atoms with van der Waals surface area (Å²) < 4.78 is 43.5. The maximum Gasteiger partial charge on any atom is 0.264 e. The minimum atomic E-state index is -4.20. The highest BCUT2D eigenvalue weighted by Gasteiger charge is 2.35. The number of halogens is 1. The van der Waals surface area contributed by atoms with Crippen LogP contribution in [0.5, 0.6) is 0 Å². The van der Waals surface area contributed by atoms with Gasteiger partial charge in [0.2, 0.25) is 11.8 Å². The summed E-state index contributed by atoms with van der Waals surface area (Å²) in [5.74, 6) is -1.17. The molecule has 0 aliphatic rings. The topological polar surface area (TPSA) is 86.8 Å². The summed E-state index contributed by atoms with van der Waals surface area (Å²) in [7, 11) is -4.20. The van der Waals surface area contributed by atoms with Crippen molar-refractivity contribution >= 4 is 27.5 Å². The van der Waals surface area contributed by atoms with Crippen molar-refractivity contribution in [3.05, 3.63) is 131 Å². The Bertz CT molecular complexity index is 1710. The van der Waals surface area contributed by atoms with Crippen molar-refractivity contribution < 1.29 is 22.4 Å². The van der Waals surface area contributed by atoms with E-state index in [2.05, 4.69) is 5.32 Å². The van der Waals surface area contributed by atoms with Gasteiger partial charge in [-0.15, -0.1) is 0 Å². The Balaban J connectivity index is 1.82. The number of rotatable bonds is 14. The van der Waals surface area contributed by atoms with Crippen LogP contribution in [-0.4, -0.2) is 44.3 Å². The van der Waals surface area contributed by atoms with Crippen molar-refractivity contribution in [3.63, 3.8) is 0 Å². The molecule has 0 spiro atoms. The normalized spacial score (nSPS) is 12.0. The maximum atomic E-state index is 14.6. The minimum Gasteiger partial charge on any atom is -0.354 e. The summed E-state index contributed by atoms with van der Waals surface area (Å²) >= 11 is 0. The van der Waals surface area contributed by atoms with E-state index in [0.29, 0.717) is 24.2 Å². The van der Waals surface area contributed by atoms with E-state index in [4.69, 9.17) is 0 Å². The number of hydrogen-bond acceptors (Lipinski definition) is 4. The molecule has 1 N–H and O–H groups in total. The largest absolute Gasteiger partial charge is 0.354 e. The van der Waals surface area contributed by atoms with Crippen LogP contribution in [0.25, 0.3) is 0 Å². The van der Waals surface area contributed by atoms with Crippen molar-refractivity contribution in [1.29, 1.82) is 0 Å². The van der Waals surface area contributed by atoms with Gasteiger partial charge >= 0.3 is 0 Å². The van der Waals surface area contributed by atoms with E-state index in [0.717, 1.165) is 21.0 Å². The molecule has 0 heterocycles. The summed E-state index contributed by atoms with van der Waals surface area (Å²) in [5, 5.41) is 2.97.